The van der Waals surface area contributed by atoms with Crippen LogP contribution in [0, 0.1) is 5.92 Å². The average Bonchev–Trinajstić information content (AvgIpc) is 2.88. The first kappa shape index (κ1) is 28.0. The van der Waals surface area contributed by atoms with Crippen molar-refractivity contribution in [2.75, 3.05) is 12.4 Å². The van der Waals surface area contributed by atoms with Crippen molar-refractivity contribution in [1.29, 1.82) is 0 Å². The van der Waals surface area contributed by atoms with Gasteiger partial charge >= 0.3 is 0 Å². The van der Waals surface area contributed by atoms with Crippen molar-refractivity contribution in [2.24, 2.45) is 15.9 Å². The van der Waals surface area contributed by atoms with Gasteiger partial charge in [-0.15, -0.1) is 0 Å². The summed E-state index contributed by atoms with van der Waals surface area (Å²) in [5.74, 6) is 0.699. The summed E-state index contributed by atoms with van der Waals surface area (Å²) >= 11 is 6.52. The standard InChI is InChI=1S/C27H34ClN5O2/c1-6-18(3)26(33-21-12-10-11-20(15-21)16-30-25(34)7-2)31-17-23(28)19(4)32-24-14-9-8-13-22(24)27(35)29-5/h7-15,17-18,27,29,35H,2,6,16H2,1,3-5H3,(H,30,34)(H,31,33)/b23-17+,32-19?. The molecule has 0 spiro atoms. The van der Waals surface area contributed by atoms with Gasteiger partial charge in [-0.3, -0.25) is 15.1 Å². The number of aliphatic hydroxyl groups excluding tert-OH is 1. The lowest BCUT2D eigenvalue weighted by atomic mass is 10.1. The van der Waals surface area contributed by atoms with E-state index in [9.17, 15) is 9.90 Å². The van der Waals surface area contributed by atoms with Crippen LogP contribution in [-0.2, 0) is 11.3 Å². The third-order valence-electron chi connectivity index (χ3n) is 5.39. The van der Waals surface area contributed by atoms with E-state index in [0.29, 0.717) is 28.5 Å². The van der Waals surface area contributed by atoms with Crippen molar-refractivity contribution in [3.8, 4) is 0 Å². The molecule has 1 amide bonds. The molecule has 0 aliphatic rings. The zero-order valence-corrected chi connectivity index (χ0v) is 21.4. The number of nitrogens with one attached hydrogen (secondary N) is 3. The summed E-state index contributed by atoms with van der Waals surface area (Å²) in [5.41, 5.74) is 3.68. The number of carbonyl (C=O) groups is 1. The van der Waals surface area contributed by atoms with Crippen LogP contribution in [0.2, 0.25) is 0 Å². The minimum absolute atomic E-state index is 0.156. The van der Waals surface area contributed by atoms with Crippen LogP contribution in [0.1, 0.15) is 44.5 Å². The number of amides is 1. The summed E-state index contributed by atoms with van der Waals surface area (Å²) in [6.07, 6.45) is 2.89. The fourth-order valence-electron chi connectivity index (χ4n) is 3.07. The van der Waals surface area contributed by atoms with E-state index in [-0.39, 0.29) is 11.8 Å². The molecule has 2 aromatic rings. The van der Waals surface area contributed by atoms with Crippen LogP contribution < -0.4 is 16.0 Å². The highest BCUT2D eigenvalue weighted by atomic mass is 35.5. The smallest absolute Gasteiger partial charge is 0.243 e. The summed E-state index contributed by atoms with van der Waals surface area (Å²) in [6, 6.07) is 15.1. The molecule has 2 rings (SSSR count). The average molecular weight is 496 g/mol. The zero-order valence-electron chi connectivity index (χ0n) is 20.7. The van der Waals surface area contributed by atoms with Crippen LogP contribution in [0.5, 0.6) is 0 Å². The molecule has 0 saturated carbocycles. The monoisotopic (exact) mass is 495 g/mol. The van der Waals surface area contributed by atoms with Gasteiger partial charge in [-0.05, 0) is 50.2 Å². The van der Waals surface area contributed by atoms with Gasteiger partial charge in [-0.25, -0.2) is 4.99 Å². The molecule has 2 aromatic carbocycles. The van der Waals surface area contributed by atoms with Gasteiger partial charge in [-0.2, -0.15) is 0 Å². The van der Waals surface area contributed by atoms with Crippen LogP contribution in [0.25, 0.3) is 0 Å². The van der Waals surface area contributed by atoms with Crippen molar-refractivity contribution in [2.45, 2.75) is 40.0 Å². The summed E-state index contributed by atoms with van der Waals surface area (Å²) in [6.45, 7) is 9.84. The highest BCUT2D eigenvalue weighted by Gasteiger charge is 2.11. The second-order valence-corrected chi connectivity index (χ2v) is 8.40. The predicted octanol–water partition coefficient (Wildman–Crippen LogP) is 5.43. The molecule has 7 nitrogen and oxygen atoms in total. The molecule has 0 fully saturated rings. The maximum absolute atomic E-state index is 11.5. The van der Waals surface area contributed by atoms with Gasteiger partial charge in [0, 0.05) is 29.9 Å². The van der Waals surface area contributed by atoms with E-state index >= 15 is 0 Å². The van der Waals surface area contributed by atoms with Crippen LogP contribution in [0.3, 0.4) is 0 Å². The number of para-hydroxylation sites is 1. The maximum Gasteiger partial charge on any atom is 0.243 e. The van der Waals surface area contributed by atoms with E-state index in [0.717, 1.165) is 23.5 Å². The largest absolute Gasteiger partial charge is 0.374 e. The number of nitrogens with zero attached hydrogens (tertiary/aromatic N) is 2. The number of benzene rings is 2. The Bertz CT molecular complexity index is 1110. The third-order valence-corrected chi connectivity index (χ3v) is 5.76. The highest BCUT2D eigenvalue weighted by molar-refractivity contribution is 6.43. The molecular formula is C27H34ClN5O2. The Kier molecular flexibility index (Phi) is 11.4. The minimum atomic E-state index is -0.828. The molecule has 0 aliphatic heterocycles. The number of aliphatic imine (C=N–C) groups is 2. The van der Waals surface area contributed by atoms with Crippen molar-refractivity contribution in [3.63, 3.8) is 0 Å². The molecule has 2 unspecified atom stereocenters. The SMILES string of the molecule is C=CC(=O)NCc1cccc(NC(=N/C=C(/Cl)C(C)=Nc2ccccc2C(O)NC)C(C)CC)c1. The topological polar surface area (TPSA) is 98.1 Å². The molecule has 0 heterocycles. The molecular weight excluding hydrogens is 462 g/mol. The fraction of sp³-hybridized carbons (Fsp3) is 0.296. The summed E-state index contributed by atoms with van der Waals surface area (Å²) < 4.78 is 0. The van der Waals surface area contributed by atoms with Gasteiger partial charge in [0.05, 0.1) is 16.4 Å². The van der Waals surface area contributed by atoms with Crippen molar-refractivity contribution in [1.82, 2.24) is 10.6 Å². The quantitative estimate of drug-likeness (QED) is 0.145. The lowest BCUT2D eigenvalue weighted by Crippen LogP contribution is -2.21. The number of hydrogen-bond acceptors (Lipinski definition) is 5. The van der Waals surface area contributed by atoms with Gasteiger partial charge in [0.1, 0.15) is 12.1 Å². The molecule has 0 aliphatic carbocycles. The number of allylic oxidation sites excluding steroid dienone is 1. The number of halogens is 1. The summed E-state index contributed by atoms with van der Waals surface area (Å²) in [7, 11) is 1.68. The molecule has 0 aromatic heterocycles. The highest BCUT2D eigenvalue weighted by Crippen LogP contribution is 2.25. The lowest BCUT2D eigenvalue weighted by molar-refractivity contribution is -0.116. The molecule has 8 heteroatoms. The molecule has 35 heavy (non-hydrogen) atoms. The first-order chi connectivity index (χ1) is 16.8. The van der Waals surface area contributed by atoms with Crippen LogP contribution in [0.4, 0.5) is 11.4 Å². The number of rotatable bonds is 11. The Morgan fingerprint density at radius 1 is 1.23 bits per heavy atom. The second-order valence-electron chi connectivity index (χ2n) is 8.00. The molecule has 2 atom stereocenters. The minimum Gasteiger partial charge on any atom is -0.374 e. The van der Waals surface area contributed by atoms with Gasteiger partial charge in [0.15, 0.2) is 0 Å². The third kappa shape index (κ3) is 8.79. The van der Waals surface area contributed by atoms with Crippen LogP contribution in [-0.4, -0.2) is 29.6 Å². The molecule has 186 valence electrons. The van der Waals surface area contributed by atoms with Crippen molar-refractivity contribution >= 4 is 40.4 Å². The molecule has 4 N–H and O–H groups in total. The van der Waals surface area contributed by atoms with Gasteiger partial charge in [0.25, 0.3) is 0 Å². The second kappa shape index (κ2) is 14.2. The van der Waals surface area contributed by atoms with Crippen molar-refractivity contribution < 1.29 is 9.90 Å². The predicted molar refractivity (Wildman–Crippen MR) is 146 cm³/mol. The number of amidine groups is 1. The Morgan fingerprint density at radius 3 is 2.66 bits per heavy atom. The number of anilines is 1. The zero-order chi connectivity index (χ0) is 25.8. The van der Waals surface area contributed by atoms with Crippen LogP contribution in [0.15, 0.2) is 82.4 Å². The van der Waals surface area contributed by atoms with E-state index in [4.69, 9.17) is 11.6 Å². The van der Waals surface area contributed by atoms with Crippen LogP contribution >= 0.6 is 11.6 Å². The molecule has 0 bridgehead atoms. The fourth-order valence-corrected chi connectivity index (χ4v) is 3.17. The van der Waals surface area contributed by atoms with Gasteiger partial charge in [0.2, 0.25) is 5.91 Å². The van der Waals surface area contributed by atoms with E-state index in [1.807, 2.05) is 48.5 Å². The van der Waals surface area contributed by atoms with E-state index in [1.54, 1.807) is 20.2 Å². The Morgan fingerprint density at radius 2 is 1.97 bits per heavy atom. The maximum atomic E-state index is 11.5. The van der Waals surface area contributed by atoms with Crippen molar-refractivity contribution in [3.05, 3.63) is 83.5 Å². The Labute approximate surface area is 212 Å². The van der Waals surface area contributed by atoms with Gasteiger partial charge < -0.3 is 15.7 Å². The molecule has 0 saturated heterocycles. The summed E-state index contributed by atoms with van der Waals surface area (Å²) in [5, 5.41) is 19.5. The Hall–Kier alpha value is -3.26. The van der Waals surface area contributed by atoms with E-state index in [1.165, 1.54) is 6.08 Å². The number of hydrogen-bond donors (Lipinski definition) is 4. The van der Waals surface area contributed by atoms with E-state index in [2.05, 4.69) is 46.4 Å². The Balaban J connectivity index is 2.26. The normalized spacial score (nSPS) is 14.3. The first-order valence-electron chi connectivity index (χ1n) is 11.5. The van der Waals surface area contributed by atoms with E-state index < -0.39 is 6.23 Å². The number of carbonyl (C=O) groups excluding carboxylic acids is 1. The lowest BCUT2D eigenvalue weighted by Gasteiger charge is -2.16. The summed E-state index contributed by atoms with van der Waals surface area (Å²) in [4.78, 5) is 20.7. The van der Waals surface area contributed by atoms with Gasteiger partial charge in [-0.1, -0.05) is 62.4 Å². The first-order valence-corrected chi connectivity index (χ1v) is 11.9. The molecule has 0 radical (unpaired) electrons. The number of aliphatic hydroxyl groups is 1.